The first kappa shape index (κ1) is 18.1. The van der Waals surface area contributed by atoms with Crippen LogP contribution in [0.2, 0.25) is 0 Å². The van der Waals surface area contributed by atoms with Crippen molar-refractivity contribution in [1.29, 1.82) is 0 Å². The number of amides is 1. The molecule has 3 N–H and O–H groups in total. The van der Waals surface area contributed by atoms with E-state index in [0.29, 0.717) is 43.5 Å². The number of nitrogens with one attached hydrogen (secondary N) is 1. The maximum atomic E-state index is 11.7. The summed E-state index contributed by atoms with van der Waals surface area (Å²) < 4.78 is 10.8. The van der Waals surface area contributed by atoms with E-state index in [2.05, 4.69) is 30.2 Å². The van der Waals surface area contributed by atoms with Gasteiger partial charge < -0.3 is 19.3 Å². The Hall–Kier alpha value is -1.69. The first-order valence-electron chi connectivity index (χ1n) is 8.26. The van der Waals surface area contributed by atoms with Crippen LogP contribution in [0.4, 0.5) is 11.9 Å². The Morgan fingerprint density at radius 3 is 1.96 bits per heavy atom. The van der Waals surface area contributed by atoms with E-state index in [1.165, 1.54) is 11.8 Å². The lowest BCUT2D eigenvalue weighted by Gasteiger charge is -2.30. The Kier molecular flexibility index (Phi) is 6.24. The fraction of sp³-hybridized carbons (Fsp3) is 0.714. The van der Waals surface area contributed by atoms with Gasteiger partial charge in [-0.3, -0.25) is 10.2 Å². The van der Waals surface area contributed by atoms with E-state index in [9.17, 15) is 4.79 Å². The molecule has 2 saturated heterocycles. The van der Waals surface area contributed by atoms with Crippen LogP contribution in [0.15, 0.2) is 5.16 Å². The number of carbonyl (C=O) groups excluding carboxylic acids is 1. The van der Waals surface area contributed by atoms with Crippen molar-refractivity contribution in [3.05, 3.63) is 0 Å². The summed E-state index contributed by atoms with van der Waals surface area (Å²) in [5.41, 5.74) is 2.16. The highest BCUT2D eigenvalue weighted by atomic mass is 32.2. The third-order valence-electron chi connectivity index (χ3n) is 3.97. The number of aromatic nitrogens is 3. The number of hydrazine groups is 1. The topological polar surface area (TPSA) is 119 Å². The summed E-state index contributed by atoms with van der Waals surface area (Å²) in [5, 5.41) is 0.108. The Balaban J connectivity index is 1.85. The van der Waals surface area contributed by atoms with Crippen molar-refractivity contribution in [3.8, 4) is 0 Å². The largest absolute Gasteiger partial charge is 0.378 e. The number of thioether (sulfide) groups is 1. The second kappa shape index (κ2) is 8.61. The number of hydrogen-bond donors (Lipinski definition) is 2. The van der Waals surface area contributed by atoms with Crippen LogP contribution in [0.25, 0.3) is 0 Å². The van der Waals surface area contributed by atoms with Crippen molar-refractivity contribution in [2.45, 2.75) is 17.3 Å². The van der Waals surface area contributed by atoms with Crippen molar-refractivity contribution in [1.82, 2.24) is 20.4 Å². The van der Waals surface area contributed by atoms with Crippen LogP contribution in [0.1, 0.15) is 6.92 Å². The summed E-state index contributed by atoms with van der Waals surface area (Å²) in [6, 6.07) is 0. The number of rotatable bonds is 5. The molecule has 3 heterocycles. The third-order valence-corrected chi connectivity index (χ3v) is 4.93. The van der Waals surface area contributed by atoms with Crippen molar-refractivity contribution in [3.63, 3.8) is 0 Å². The molecule has 3 rings (SSSR count). The van der Waals surface area contributed by atoms with Crippen LogP contribution in [-0.2, 0) is 14.3 Å². The number of ether oxygens (including phenoxy) is 2. The molecule has 1 atom stereocenters. The van der Waals surface area contributed by atoms with E-state index in [1.54, 1.807) is 6.92 Å². The van der Waals surface area contributed by atoms with Gasteiger partial charge in [0.2, 0.25) is 17.8 Å². The van der Waals surface area contributed by atoms with Crippen LogP contribution in [-0.4, -0.2) is 78.7 Å². The zero-order valence-electron chi connectivity index (χ0n) is 14.2. The van der Waals surface area contributed by atoms with E-state index < -0.39 is 5.25 Å². The monoisotopic (exact) mass is 369 g/mol. The van der Waals surface area contributed by atoms with Crippen LogP contribution in [0.3, 0.4) is 0 Å². The highest BCUT2D eigenvalue weighted by Crippen LogP contribution is 2.24. The van der Waals surface area contributed by atoms with Crippen molar-refractivity contribution < 1.29 is 14.3 Å². The second-order valence-corrected chi connectivity index (χ2v) is 6.99. The molecule has 0 unspecified atom stereocenters. The fourth-order valence-corrected chi connectivity index (χ4v) is 3.29. The van der Waals surface area contributed by atoms with Gasteiger partial charge in [-0.15, -0.1) is 0 Å². The number of hydrogen-bond acceptors (Lipinski definition) is 10. The summed E-state index contributed by atoms with van der Waals surface area (Å²) in [6.45, 7) is 7.27. The van der Waals surface area contributed by atoms with Gasteiger partial charge in [-0.05, 0) is 6.92 Å². The molecule has 0 bridgehead atoms. The molecule has 2 aliphatic rings. The van der Waals surface area contributed by atoms with Gasteiger partial charge >= 0.3 is 0 Å². The summed E-state index contributed by atoms with van der Waals surface area (Å²) in [6.07, 6.45) is 0. The average Bonchev–Trinajstić information content (AvgIpc) is 2.68. The van der Waals surface area contributed by atoms with Gasteiger partial charge in [-0.2, -0.15) is 15.0 Å². The van der Waals surface area contributed by atoms with Crippen LogP contribution in [0, 0.1) is 0 Å². The number of nitrogens with two attached hydrogens (primary N) is 1. The molecular formula is C14H23N7O3S. The summed E-state index contributed by atoms with van der Waals surface area (Å²) in [5.74, 6) is 6.17. The van der Waals surface area contributed by atoms with Gasteiger partial charge in [0.05, 0.1) is 31.7 Å². The minimum Gasteiger partial charge on any atom is -0.378 e. The lowest BCUT2D eigenvalue weighted by Crippen LogP contribution is -2.40. The zero-order chi connectivity index (χ0) is 17.6. The number of carbonyl (C=O) groups is 1. The molecule has 0 aromatic carbocycles. The molecule has 11 heteroatoms. The molecule has 2 aliphatic heterocycles. The minimum atomic E-state index is -0.400. The van der Waals surface area contributed by atoms with Gasteiger partial charge in [-0.1, -0.05) is 11.8 Å². The second-order valence-electron chi connectivity index (χ2n) is 5.69. The highest BCUT2D eigenvalue weighted by Gasteiger charge is 2.22. The quantitative estimate of drug-likeness (QED) is 0.290. The SMILES string of the molecule is C[C@H](Sc1nc(N2CCOCC2)nc(N2CCOCC2)n1)C(=O)NN. The lowest BCUT2D eigenvalue weighted by atomic mass is 10.4. The standard InChI is InChI=1S/C14H23N7O3S/c1-10(11(22)19-15)25-14-17-12(20-2-6-23-7-3-20)16-13(18-14)21-4-8-24-9-5-21/h10H,2-9,15H2,1H3,(H,19,22)/t10-/m0/s1. The molecule has 10 nitrogen and oxygen atoms in total. The van der Waals surface area contributed by atoms with E-state index in [-0.39, 0.29) is 5.91 Å². The molecule has 0 spiro atoms. The lowest BCUT2D eigenvalue weighted by molar-refractivity contribution is -0.120. The molecule has 25 heavy (non-hydrogen) atoms. The van der Waals surface area contributed by atoms with Crippen LogP contribution >= 0.6 is 11.8 Å². The predicted octanol–water partition coefficient (Wildman–Crippen LogP) is -0.985. The summed E-state index contributed by atoms with van der Waals surface area (Å²) in [7, 11) is 0. The number of morpholine rings is 2. The molecule has 1 aromatic rings. The zero-order valence-corrected chi connectivity index (χ0v) is 15.0. The van der Waals surface area contributed by atoms with Crippen LogP contribution < -0.4 is 21.1 Å². The Morgan fingerprint density at radius 2 is 1.52 bits per heavy atom. The normalized spacial score (nSPS) is 19.6. The van der Waals surface area contributed by atoms with Gasteiger partial charge in [0.1, 0.15) is 0 Å². The molecule has 2 fully saturated rings. The van der Waals surface area contributed by atoms with E-state index >= 15 is 0 Å². The van der Waals surface area contributed by atoms with E-state index in [4.69, 9.17) is 15.3 Å². The number of anilines is 2. The summed E-state index contributed by atoms with van der Waals surface area (Å²) >= 11 is 1.26. The van der Waals surface area contributed by atoms with Gasteiger partial charge in [0.25, 0.3) is 0 Å². The number of nitrogens with zero attached hydrogens (tertiary/aromatic N) is 5. The molecule has 0 radical (unpaired) electrons. The first-order valence-corrected chi connectivity index (χ1v) is 9.14. The Bertz CT molecular complexity index is 558. The Labute approximate surface area is 150 Å². The van der Waals surface area contributed by atoms with Crippen molar-refractivity contribution in [2.75, 3.05) is 62.4 Å². The summed E-state index contributed by atoms with van der Waals surface area (Å²) in [4.78, 5) is 29.6. The maximum absolute atomic E-state index is 11.7. The van der Waals surface area contributed by atoms with Crippen LogP contribution in [0.5, 0.6) is 0 Å². The molecular weight excluding hydrogens is 346 g/mol. The predicted molar refractivity (Wildman–Crippen MR) is 93.5 cm³/mol. The van der Waals surface area contributed by atoms with Gasteiger partial charge in [0.15, 0.2) is 5.16 Å². The highest BCUT2D eigenvalue weighted by molar-refractivity contribution is 8.00. The average molecular weight is 369 g/mol. The first-order chi connectivity index (χ1) is 12.2. The fourth-order valence-electron chi connectivity index (χ4n) is 2.53. The Morgan fingerprint density at radius 1 is 1.04 bits per heavy atom. The molecule has 1 aromatic heterocycles. The molecule has 0 aliphatic carbocycles. The van der Waals surface area contributed by atoms with Gasteiger partial charge in [-0.25, -0.2) is 5.84 Å². The van der Waals surface area contributed by atoms with Crippen molar-refractivity contribution in [2.24, 2.45) is 5.84 Å². The molecule has 138 valence electrons. The molecule has 0 saturated carbocycles. The van der Waals surface area contributed by atoms with E-state index in [1.807, 2.05) is 0 Å². The molecule has 1 amide bonds. The van der Waals surface area contributed by atoms with Crippen molar-refractivity contribution >= 4 is 29.6 Å². The maximum Gasteiger partial charge on any atom is 0.247 e. The third kappa shape index (κ3) is 4.69. The smallest absolute Gasteiger partial charge is 0.247 e. The van der Waals surface area contributed by atoms with Gasteiger partial charge in [0, 0.05) is 26.2 Å². The van der Waals surface area contributed by atoms with E-state index in [0.717, 1.165) is 26.2 Å². The minimum absolute atomic E-state index is 0.272.